The van der Waals surface area contributed by atoms with Gasteiger partial charge in [-0.3, -0.25) is 0 Å². The first-order valence-electron chi connectivity index (χ1n) is 12.0. The van der Waals surface area contributed by atoms with E-state index in [9.17, 15) is 4.39 Å². The molecule has 186 valence electrons. The first kappa shape index (κ1) is 22.7. The fraction of sp³-hybridized carbons (Fsp3) is 0.308. The number of aromatic nitrogens is 4. The standard InChI is InChI=1S/C26H28FN7O2/c1-31-11-10-23(13-31)33-18-36-35-15-24-25(33)14-32(26(24)30-21-6-4-20(27)5-7-21)12-19-2-8-22(9-3-19)34-17-28-16-29-34/h2-9,14,16-17,23,30H,10-13,15,18H2,1H3. The summed E-state index contributed by atoms with van der Waals surface area (Å²) in [6.45, 7) is 3.36. The lowest BCUT2D eigenvalue weighted by Gasteiger charge is -2.28. The summed E-state index contributed by atoms with van der Waals surface area (Å²) in [5, 5.41) is 7.71. The Balaban J connectivity index is 1.36. The van der Waals surface area contributed by atoms with E-state index in [1.807, 2.05) is 12.1 Å². The maximum absolute atomic E-state index is 13.6. The summed E-state index contributed by atoms with van der Waals surface area (Å²) in [5.74, 6) is 0.634. The average Bonchev–Trinajstić information content (AvgIpc) is 3.61. The van der Waals surface area contributed by atoms with Crippen molar-refractivity contribution < 1.29 is 14.2 Å². The van der Waals surface area contributed by atoms with Gasteiger partial charge in [0.1, 0.15) is 30.9 Å². The third-order valence-corrected chi connectivity index (χ3v) is 6.83. The molecule has 2 aromatic carbocycles. The molecule has 9 nitrogen and oxygen atoms in total. The van der Waals surface area contributed by atoms with Crippen LogP contribution in [0.4, 0.5) is 21.6 Å². The Morgan fingerprint density at radius 1 is 1.08 bits per heavy atom. The SMILES string of the molecule is CN1CCC(N2COOCc3c2cn(Cc2ccc(-n4cncn4)cc2)c3Nc2ccc(F)cc2)C1. The largest absolute Gasteiger partial charge is 0.341 e. The number of hydrogen-bond donors (Lipinski definition) is 1. The van der Waals surface area contributed by atoms with Crippen LogP contribution in [0.1, 0.15) is 17.5 Å². The van der Waals surface area contributed by atoms with Gasteiger partial charge in [0.15, 0.2) is 6.73 Å². The van der Waals surface area contributed by atoms with Gasteiger partial charge in [0.2, 0.25) is 0 Å². The minimum atomic E-state index is -0.268. The number of nitrogens with one attached hydrogen (secondary N) is 1. The van der Waals surface area contributed by atoms with Crippen LogP contribution in [0.5, 0.6) is 0 Å². The molecule has 0 amide bonds. The molecule has 6 rings (SSSR count). The zero-order chi connectivity index (χ0) is 24.5. The molecule has 36 heavy (non-hydrogen) atoms. The monoisotopic (exact) mass is 489 g/mol. The zero-order valence-corrected chi connectivity index (χ0v) is 20.0. The number of hydrogen-bond acceptors (Lipinski definition) is 7. The smallest absolute Gasteiger partial charge is 0.154 e. The summed E-state index contributed by atoms with van der Waals surface area (Å²) in [6.07, 6.45) is 6.44. The predicted octanol–water partition coefficient (Wildman–Crippen LogP) is 3.93. The molecule has 1 atom stereocenters. The minimum Gasteiger partial charge on any atom is -0.341 e. The Bertz CT molecular complexity index is 1310. The third kappa shape index (κ3) is 4.58. The molecular formula is C26H28FN7O2. The summed E-state index contributed by atoms with van der Waals surface area (Å²) >= 11 is 0. The molecule has 10 heteroatoms. The fourth-order valence-electron chi connectivity index (χ4n) is 4.94. The summed E-state index contributed by atoms with van der Waals surface area (Å²) in [6, 6.07) is 15.0. The van der Waals surface area contributed by atoms with Crippen molar-refractivity contribution in [1.29, 1.82) is 0 Å². The van der Waals surface area contributed by atoms with Gasteiger partial charge in [0.25, 0.3) is 0 Å². The summed E-state index contributed by atoms with van der Waals surface area (Å²) < 4.78 is 17.5. The topological polar surface area (TPSA) is 72.6 Å². The van der Waals surface area contributed by atoms with Crippen molar-refractivity contribution in [2.75, 3.05) is 37.1 Å². The normalized spacial score (nSPS) is 18.3. The molecule has 2 aliphatic heterocycles. The lowest BCUT2D eigenvalue weighted by Crippen LogP contribution is -2.38. The number of anilines is 3. The van der Waals surface area contributed by atoms with Crippen molar-refractivity contribution in [2.24, 2.45) is 0 Å². The molecule has 2 aromatic heterocycles. The van der Waals surface area contributed by atoms with Gasteiger partial charge >= 0.3 is 0 Å². The van der Waals surface area contributed by atoms with Crippen molar-refractivity contribution in [3.05, 3.63) is 84.3 Å². The van der Waals surface area contributed by atoms with E-state index in [1.165, 1.54) is 18.5 Å². The van der Waals surface area contributed by atoms with Crippen molar-refractivity contribution in [2.45, 2.75) is 25.6 Å². The highest BCUT2D eigenvalue weighted by atomic mass is 19.1. The van der Waals surface area contributed by atoms with E-state index < -0.39 is 0 Å². The van der Waals surface area contributed by atoms with Gasteiger partial charge in [0.05, 0.1) is 11.4 Å². The number of likely N-dealkylation sites (tertiary alicyclic amines) is 1. The van der Waals surface area contributed by atoms with Gasteiger partial charge in [-0.15, -0.1) is 0 Å². The van der Waals surface area contributed by atoms with Crippen LogP contribution >= 0.6 is 0 Å². The molecule has 1 N–H and O–H groups in total. The Hall–Kier alpha value is -3.73. The molecule has 4 heterocycles. The van der Waals surface area contributed by atoms with Gasteiger partial charge in [0, 0.05) is 36.6 Å². The Morgan fingerprint density at radius 3 is 2.64 bits per heavy atom. The molecule has 1 saturated heterocycles. The van der Waals surface area contributed by atoms with Crippen LogP contribution < -0.4 is 10.2 Å². The molecule has 2 aliphatic rings. The lowest BCUT2D eigenvalue weighted by atomic mass is 10.2. The Morgan fingerprint density at radius 2 is 1.92 bits per heavy atom. The molecule has 0 radical (unpaired) electrons. The third-order valence-electron chi connectivity index (χ3n) is 6.83. The van der Waals surface area contributed by atoms with Crippen molar-refractivity contribution in [3.8, 4) is 5.69 Å². The van der Waals surface area contributed by atoms with E-state index in [0.29, 0.717) is 25.9 Å². The van der Waals surface area contributed by atoms with Crippen LogP contribution in [0.2, 0.25) is 0 Å². The first-order chi connectivity index (χ1) is 17.6. The van der Waals surface area contributed by atoms with Crippen molar-refractivity contribution >= 4 is 17.2 Å². The van der Waals surface area contributed by atoms with E-state index in [2.05, 4.69) is 55.1 Å². The maximum atomic E-state index is 13.6. The van der Waals surface area contributed by atoms with E-state index in [0.717, 1.165) is 53.5 Å². The van der Waals surface area contributed by atoms with Gasteiger partial charge in [-0.2, -0.15) is 5.10 Å². The van der Waals surface area contributed by atoms with Gasteiger partial charge in [-0.25, -0.2) is 23.8 Å². The molecule has 1 unspecified atom stereocenters. The average molecular weight is 490 g/mol. The second-order valence-electron chi connectivity index (χ2n) is 9.29. The van der Waals surface area contributed by atoms with Crippen LogP contribution in [-0.2, 0) is 22.9 Å². The van der Waals surface area contributed by atoms with Crippen molar-refractivity contribution in [3.63, 3.8) is 0 Å². The quantitative estimate of drug-likeness (QED) is 0.412. The van der Waals surface area contributed by atoms with Crippen LogP contribution in [0, 0.1) is 5.82 Å². The van der Waals surface area contributed by atoms with Gasteiger partial charge in [-0.1, -0.05) is 12.1 Å². The minimum absolute atomic E-state index is 0.268. The number of likely N-dealkylation sites (N-methyl/N-ethyl adjacent to an activating group) is 1. The molecule has 0 spiro atoms. The second kappa shape index (κ2) is 9.73. The van der Waals surface area contributed by atoms with Crippen LogP contribution in [-0.4, -0.2) is 57.1 Å². The highest BCUT2D eigenvalue weighted by molar-refractivity contribution is 5.71. The van der Waals surface area contributed by atoms with E-state index in [-0.39, 0.29) is 5.82 Å². The number of nitrogens with zero attached hydrogens (tertiary/aromatic N) is 6. The molecule has 0 bridgehead atoms. The Kier molecular flexibility index (Phi) is 6.14. The zero-order valence-electron chi connectivity index (χ0n) is 20.0. The van der Waals surface area contributed by atoms with E-state index in [1.54, 1.807) is 23.1 Å². The lowest BCUT2D eigenvalue weighted by molar-refractivity contribution is -0.300. The van der Waals surface area contributed by atoms with E-state index >= 15 is 0 Å². The number of fused-ring (bicyclic) bond motifs is 1. The number of benzene rings is 2. The highest BCUT2D eigenvalue weighted by Gasteiger charge is 2.32. The van der Waals surface area contributed by atoms with Crippen LogP contribution in [0.3, 0.4) is 0 Å². The number of rotatable bonds is 6. The first-order valence-corrected chi connectivity index (χ1v) is 12.0. The summed E-state index contributed by atoms with van der Waals surface area (Å²) in [4.78, 5) is 19.8. The van der Waals surface area contributed by atoms with Crippen molar-refractivity contribution in [1.82, 2.24) is 24.2 Å². The maximum Gasteiger partial charge on any atom is 0.154 e. The van der Waals surface area contributed by atoms with Crippen LogP contribution in [0.25, 0.3) is 5.69 Å². The molecule has 0 saturated carbocycles. The van der Waals surface area contributed by atoms with Gasteiger partial charge in [-0.05, 0) is 62.0 Å². The number of halogens is 1. The van der Waals surface area contributed by atoms with Gasteiger partial charge < -0.3 is 19.7 Å². The molecule has 0 aliphatic carbocycles. The van der Waals surface area contributed by atoms with E-state index in [4.69, 9.17) is 9.78 Å². The molecule has 1 fully saturated rings. The molecular weight excluding hydrogens is 461 g/mol. The predicted molar refractivity (Wildman–Crippen MR) is 134 cm³/mol. The summed E-state index contributed by atoms with van der Waals surface area (Å²) in [5.41, 5.74) is 5.00. The Labute approximate surface area is 208 Å². The second-order valence-corrected chi connectivity index (χ2v) is 9.29. The van der Waals surface area contributed by atoms with Crippen LogP contribution in [0.15, 0.2) is 67.4 Å². The highest BCUT2D eigenvalue weighted by Crippen LogP contribution is 2.37. The summed E-state index contributed by atoms with van der Waals surface area (Å²) in [7, 11) is 2.14. The molecule has 4 aromatic rings. The fourth-order valence-corrected chi connectivity index (χ4v) is 4.94.